The number of anilines is 1. The van der Waals surface area contributed by atoms with Gasteiger partial charge in [-0.25, -0.2) is 0 Å². The van der Waals surface area contributed by atoms with Crippen molar-refractivity contribution in [2.75, 3.05) is 18.0 Å². The highest BCUT2D eigenvalue weighted by Gasteiger charge is 2.26. The van der Waals surface area contributed by atoms with Gasteiger partial charge in [0.2, 0.25) is 0 Å². The molecular formula is C22H22N4O3. The number of nitro groups is 1. The summed E-state index contributed by atoms with van der Waals surface area (Å²) >= 11 is 0. The van der Waals surface area contributed by atoms with E-state index in [0.717, 1.165) is 36.9 Å². The number of piperidine rings is 1. The quantitative estimate of drug-likeness (QED) is 0.527. The lowest BCUT2D eigenvalue weighted by atomic mass is 9.99. The van der Waals surface area contributed by atoms with Gasteiger partial charge in [0.05, 0.1) is 10.3 Å². The second-order valence-corrected chi connectivity index (χ2v) is 7.20. The van der Waals surface area contributed by atoms with E-state index in [1.807, 2.05) is 30.3 Å². The lowest BCUT2D eigenvalue weighted by Gasteiger charge is -2.38. The minimum atomic E-state index is -0.373. The molecule has 1 amide bonds. The van der Waals surface area contributed by atoms with Crippen molar-refractivity contribution in [2.45, 2.75) is 25.3 Å². The number of nitro benzene ring substituents is 1. The fraction of sp³-hybridized carbons (Fsp3) is 0.273. The van der Waals surface area contributed by atoms with Crippen molar-refractivity contribution in [2.24, 2.45) is 0 Å². The molecule has 1 atom stereocenters. The molecule has 1 unspecified atom stereocenters. The van der Waals surface area contributed by atoms with Gasteiger partial charge in [-0.3, -0.25) is 19.9 Å². The number of carbonyl (C=O) groups is 1. The van der Waals surface area contributed by atoms with E-state index in [1.165, 1.54) is 0 Å². The summed E-state index contributed by atoms with van der Waals surface area (Å²) in [7, 11) is 0. The van der Waals surface area contributed by atoms with Crippen molar-refractivity contribution in [1.82, 2.24) is 10.3 Å². The predicted octanol–water partition coefficient (Wildman–Crippen LogP) is 3.93. The Hall–Kier alpha value is -3.48. The van der Waals surface area contributed by atoms with Crippen molar-refractivity contribution in [1.29, 1.82) is 0 Å². The molecule has 2 aromatic carbocycles. The smallest absolute Gasteiger partial charge is 0.278 e. The molecule has 0 bridgehead atoms. The monoisotopic (exact) mass is 390 g/mol. The number of hydrogen-bond donors (Lipinski definition) is 1. The molecule has 0 aliphatic carbocycles. The number of carbonyl (C=O) groups excluding carboxylic acids is 1. The minimum absolute atomic E-state index is 0.0581. The number of hydrogen-bond acceptors (Lipinski definition) is 5. The first kappa shape index (κ1) is 18.9. The summed E-state index contributed by atoms with van der Waals surface area (Å²) in [6.45, 7) is 1.37. The van der Waals surface area contributed by atoms with Gasteiger partial charge in [-0.2, -0.15) is 0 Å². The minimum Gasteiger partial charge on any atom is -0.366 e. The second-order valence-electron chi connectivity index (χ2n) is 7.20. The molecule has 1 saturated heterocycles. The van der Waals surface area contributed by atoms with E-state index in [4.69, 9.17) is 0 Å². The summed E-state index contributed by atoms with van der Waals surface area (Å²) in [6, 6.07) is 14.5. The number of pyridine rings is 1. The van der Waals surface area contributed by atoms with E-state index in [0.29, 0.717) is 17.5 Å². The number of amides is 1. The maximum absolute atomic E-state index is 12.4. The zero-order valence-corrected chi connectivity index (χ0v) is 16.0. The van der Waals surface area contributed by atoms with E-state index < -0.39 is 0 Å². The fourth-order valence-electron chi connectivity index (χ4n) is 4.00. The van der Waals surface area contributed by atoms with Gasteiger partial charge in [-0.15, -0.1) is 0 Å². The number of nitrogens with one attached hydrogen (secondary N) is 1. The zero-order valence-electron chi connectivity index (χ0n) is 16.0. The predicted molar refractivity (Wildman–Crippen MR) is 112 cm³/mol. The first-order valence-electron chi connectivity index (χ1n) is 9.76. The standard InChI is InChI=1S/C22H22N4O3/c27-22(16-6-2-1-3-7-16)24-14-17-8-4-5-13-25(17)20-9-10-21(26(28)29)19-15-23-12-11-18(19)20/h1-3,6-7,9-12,15,17H,4-5,8,13-14H2,(H,24,27). The van der Waals surface area contributed by atoms with Crippen molar-refractivity contribution < 1.29 is 9.72 Å². The first-order chi connectivity index (χ1) is 14.1. The summed E-state index contributed by atoms with van der Waals surface area (Å²) in [5.41, 5.74) is 1.65. The summed E-state index contributed by atoms with van der Waals surface area (Å²) in [5, 5.41) is 15.8. The van der Waals surface area contributed by atoms with Crippen molar-refractivity contribution in [3.8, 4) is 0 Å². The third-order valence-electron chi connectivity index (χ3n) is 5.44. The average molecular weight is 390 g/mol. The molecule has 1 aromatic heterocycles. The molecule has 0 spiro atoms. The van der Waals surface area contributed by atoms with Crippen molar-refractivity contribution >= 4 is 28.1 Å². The molecule has 1 N–H and O–H groups in total. The van der Waals surface area contributed by atoms with Crippen LogP contribution in [0.25, 0.3) is 10.8 Å². The topological polar surface area (TPSA) is 88.4 Å². The lowest BCUT2D eigenvalue weighted by molar-refractivity contribution is -0.383. The van der Waals surface area contributed by atoms with Crippen LogP contribution >= 0.6 is 0 Å². The summed E-state index contributed by atoms with van der Waals surface area (Å²) in [5.74, 6) is -0.0890. The molecule has 7 heteroatoms. The Balaban J connectivity index is 1.60. The molecular weight excluding hydrogens is 368 g/mol. The van der Waals surface area contributed by atoms with Crippen LogP contribution in [0.3, 0.4) is 0 Å². The van der Waals surface area contributed by atoms with E-state index in [1.54, 1.807) is 30.6 Å². The Morgan fingerprint density at radius 3 is 2.76 bits per heavy atom. The Morgan fingerprint density at radius 2 is 1.97 bits per heavy atom. The highest BCUT2D eigenvalue weighted by molar-refractivity contribution is 5.99. The molecule has 7 nitrogen and oxygen atoms in total. The van der Waals surface area contributed by atoms with E-state index >= 15 is 0 Å². The SMILES string of the molecule is O=C(NCC1CCCCN1c1ccc([N+](=O)[O-])c2cnccc12)c1ccccc1. The Bertz CT molecular complexity index is 1040. The van der Waals surface area contributed by atoms with Gasteiger partial charge in [-0.05, 0) is 43.5 Å². The second kappa shape index (κ2) is 8.26. The van der Waals surface area contributed by atoms with Crippen LogP contribution in [0, 0.1) is 10.1 Å². The third-order valence-corrected chi connectivity index (χ3v) is 5.44. The summed E-state index contributed by atoms with van der Waals surface area (Å²) < 4.78 is 0. The number of rotatable bonds is 5. The lowest BCUT2D eigenvalue weighted by Crippen LogP contribution is -2.47. The molecule has 1 aliphatic heterocycles. The van der Waals surface area contributed by atoms with Gasteiger partial charge in [0.25, 0.3) is 11.6 Å². The molecule has 1 fully saturated rings. The Morgan fingerprint density at radius 1 is 1.14 bits per heavy atom. The van der Waals surface area contributed by atoms with Crippen LogP contribution in [-0.4, -0.2) is 34.9 Å². The summed E-state index contributed by atoms with van der Waals surface area (Å²) in [4.78, 5) is 29.8. The molecule has 1 aliphatic rings. The van der Waals surface area contributed by atoms with Gasteiger partial charge in [0.1, 0.15) is 0 Å². The molecule has 148 valence electrons. The van der Waals surface area contributed by atoms with Crippen LogP contribution in [0.15, 0.2) is 60.9 Å². The number of aromatic nitrogens is 1. The fourth-order valence-corrected chi connectivity index (χ4v) is 4.00. The Kier molecular flexibility index (Phi) is 5.37. The van der Waals surface area contributed by atoms with E-state index in [-0.39, 0.29) is 22.6 Å². The normalized spacial score (nSPS) is 16.6. The van der Waals surface area contributed by atoms with Gasteiger partial charge in [-0.1, -0.05) is 18.2 Å². The van der Waals surface area contributed by atoms with Crippen LogP contribution in [0.5, 0.6) is 0 Å². The maximum Gasteiger partial charge on any atom is 0.278 e. The zero-order chi connectivity index (χ0) is 20.2. The largest absolute Gasteiger partial charge is 0.366 e. The van der Waals surface area contributed by atoms with E-state index in [9.17, 15) is 14.9 Å². The molecule has 29 heavy (non-hydrogen) atoms. The van der Waals surface area contributed by atoms with Crippen molar-refractivity contribution in [3.63, 3.8) is 0 Å². The molecule has 3 aromatic rings. The highest BCUT2D eigenvalue weighted by Crippen LogP contribution is 2.35. The van der Waals surface area contributed by atoms with Crippen LogP contribution in [0.4, 0.5) is 11.4 Å². The molecule has 2 heterocycles. The molecule has 0 saturated carbocycles. The highest BCUT2D eigenvalue weighted by atomic mass is 16.6. The Labute approximate surface area is 168 Å². The van der Waals surface area contributed by atoms with Gasteiger partial charge in [0, 0.05) is 54.2 Å². The number of nitrogens with zero attached hydrogens (tertiary/aromatic N) is 3. The van der Waals surface area contributed by atoms with Gasteiger partial charge < -0.3 is 10.2 Å². The number of benzene rings is 2. The third kappa shape index (κ3) is 3.89. The van der Waals surface area contributed by atoms with Crippen molar-refractivity contribution in [3.05, 3.63) is 76.6 Å². The van der Waals surface area contributed by atoms with Crippen LogP contribution < -0.4 is 10.2 Å². The maximum atomic E-state index is 12.4. The molecule has 0 radical (unpaired) electrons. The van der Waals surface area contributed by atoms with Gasteiger partial charge in [0.15, 0.2) is 0 Å². The molecule has 4 rings (SSSR count). The number of fused-ring (bicyclic) bond motifs is 1. The summed E-state index contributed by atoms with van der Waals surface area (Å²) in [6.07, 6.45) is 6.30. The van der Waals surface area contributed by atoms with Crippen LogP contribution in [0.1, 0.15) is 29.6 Å². The van der Waals surface area contributed by atoms with Crippen LogP contribution in [0.2, 0.25) is 0 Å². The first-order valence-corrected chi connectivity index (χ1v) is 9.76. The van der Waals surface area contributed by atoms with E-state index in [2.05, 4.69) is 15.2 Å². The van der Waals surface area contributed by atoms with Gasteiger partial charge >= 0.3 is 0 Å². The average Bonchev–Trinajstić information content (AvgIpc) is 2.77. The van der Waals surface area contributed by atoms with Crippen LogP contribution in [-0.2, 0) is 0 Å². The number of non-ortho nitro benzene ring substituents is 1.